The van der Waals surface area contributed by atoms with Crippen molar-refractivity contribution in [1.82, 2.24) is 19.7 Å². The summed E-state index contributed by atoms with van der Waals surface area (Å²) in [7, 11) is 1.88. The normalized spacial score (nSPS) is 20.9. The number of fused-ring (bicyclic) bond motifs is 1. The number of halogens is 4. The molecule has 7 nitrogen and oxygen atoms in total. The smallest absolute Gasteiger partial charge is 0.379 e. The number of alkyl halides is 4. The van der Waals surface area contributed by atoms with Crippen molar-refractivity contribution in [3.63, 3.8) is 0 Å². The van der Waals surface area contributed by atoms with Crippen molar-refractivity contribution >= 4 is 23.2 Å². The number of rotatable bonds is 7. The molecule has 0 saturated carbocycles. The number of carbonyl (C=O) groups is 1. The molecule has 2 fully saturated rings. The van der Waals surface area contributed by atoms with E-state index in [1.54, 1.807) is 18.5 Å². The molecule has 3 aliphatic rings. The quantitative estimate of drug-likeness (QED) is 0.397. The summed E-state index contributed by atoms with van der Waals surface area (Å²) < 4.78 is 50.1. The van der Waals surface area contributed by atoms with Gasteiger partial charge in [-0.25, -0.2) is 0 Å². The van der Waals surface area contributed by atoms with Gasteiger partial charge in [0.2, 0.25) is 0 Å². The summed E-state index contributed by atoms with van der Waals surface area (Å²) in [5.74, 6) is 1.27. The van der Waals surface area contributed by atoms with Gasteiger partial charge in [-0.1, -0.05) is 12.1 Å². The first kappa shape index (κ1) is 26.3. The van der Waals surface area contributed by atoms with Gasteiger partial charge in [-0.3, -0.25) is 9.69 Å². The third-order valence-electron chi connectivity index (χ3n) is 8.23. The maximum atomic E-state index is 14.2. The molecule has 0 bridgehead atoms. The number of nitrogens with zero attached hydrogens (tertiary/aromatic N) is 5. The number of amides is 1. The lowest BCUT2D eigenvalue weighted by Crippen LogP contribution is -2.49. The van der Waals surface area contributed by atoms with Crippen molar-refractivity contribution in [2.24, 2.45) is 13.0 Å². The first-order valence-corrected chi connectivity index (χ1v) is 13.5. The highest BCUT2D eigenvalue weighted by atomic mass is 35.5. The number of hydrogen-bond acceptors (Lipinski definition) is 5. The Balaban J connectivity index is 1.30. The van der Waals surface area contributed by atoms with Gasteiger partial charge < -0.3 is 14.2 Å². The maximum Gasteiger partial charge on any atom is 0.416 e. The number of aromatic nitrogens is 3. The highest BCUT2D eigenvalue weighted by molar-refractivity contribution is 6.18. The van der Waals surface area contributed by atoms with E-state index in [0.29, 0.717) is 49.2 Å². The van der Waals surface area contributed by atoms with Crippen LogP contribution < -0.4 is 4.90 Å². The van der Waals surface area contributed by atoms with E-state index >= 15 is 0 Å². The second-order valence-corrected chi connectivity index (χ2v) is 11.3. The van der Waals surface area contributed by atoms with Crippen molar-refractivity contribution in [2.75, 3.05) is 37.1 Å². The zero-order valence-electron chi connectivity index (χ0n) is 21.5. The van der Waals surface area contributed by atoms with Gasteiger partial charge in [0.05, 0.1) is 25.3 Å². The fourth-order valence-corrected chi connectivity index (χ4v) is 6.21. The molecule has 206 valence electrons. The van der Waals surface area contributed by atoms with Crippen LogP contribution in [0, 0.1) is 5.92 Å². The van der Waals surface area contributed by atoms with Gasteiger partial charge in [-0.15, -0.1) is 21.8 Å². The fourth-order valence-electron chi connectivity index (χ4n) is 5.95. The highest BCUT2D eigenvalue weighted by Crippen LogP contribution is 2.42. The van der Waals surface area contributed by atoms with Crippen molar-refractivity contribution in [3.05, 3.63) is 76.4 Å². The van der Waals surface area contributed by atoms with Crippen LogP contribution in [0.1, 0.15) is 44.9 Å². The van der Waals surface area contributed by atoms with Gasteiger partial charge in [-0.05, 0) is 59.8 Å². The third-order valence-corrected chi connectivity index (χ3v) is 8.67. The van der Waals surface area contributed by atoms with Crippen LogP contribution in [-0.2, 0) is 42.9 Å². The zero-order chi connectivity index (χ0) is 27.4. The number of hydrogen-bond donors (Lipinski definition) is 0. The van der Waals surface area contributed by atoms with Crippen molar-refractivity contribution in [2.45, 2.75) is 37.5 Å². The summed E-state index contributed by atoms with van der Waals surface area (Å²) in [6.07, 6.45) is -1.40. The molecule has 3 aliphatic heterocycles. The Kier molecular flexibility index (Phi) is 6.68. The average molecular weight is 560 g/mol. The Labute approximate surface area is 229 Å². The Morgan fingerprint density at radius 1 is 1.21 bits per heavy atom. The topological polar surface area (TPSA) is 63.5 Å². The number of anilines is 1. The molecule has 6 rings (SSSR count). The van der Waals surface area contributed by atoms with E-state index in [0.717, 1.165) is 30.9 Å². The van der Waals surface area contributed by atoms with E-state index in [1.165, 1.54) is 11.0 Å². The molecule has 3 aromatic rings. The van der Waals surface area contributed by atoms with Crippen molar-refractivity contribution in [3.8, 4) is 0 Å². The number of benzene rings is 2. The number of aryl methyl sites for hydroxylation is 1. The van der Waals surface area contributed by atoms with Crippen LogP contribution in [0.4, 0.5) is 18.9 Å². The van der Waals surface area contributed by atoms with E-state index in [1.807, 2.05) is 29.8 Å². The summed E-state index contributed by atoms with van der Waals surface area (Å²) >= 11 is 5.99. The van der Waals surface area contributed by atoms with Crippen molar-refractivity contribution in [1.29, 1.82) is 0 Å². The lowest BCUT2D eigenvalue weighted by Gasteiger charge is -2.42. The Hall–Kier alpha value is -2.95. The zero-order valence-corrected chi connectivity index (χ0v) is 22.3. The Bertz CT molecular complexity index is 1400. The molecule has 0 spiro atoms. The predicted octanol–water partition coefficient (Wildman–Crippen LogP) is 4.57. The second-order valence-electron chi connectivity index (χ2n) is 11.0. The van der Waals surface area contributed by atoms with E-state index in [9.17, 15) is 18.0 Å². The van der Waals surface area contributed by atoms with Gasteiger partial charge in [0.15, 0.2) is 0 Å². The summed E-state index contributed by atoms with van der Waals surface area (Å²) in [5.41, 5.74) is 1.10. The lowest BCUT2D eigenvalue weighted by atomic mass is 9.75. The first-order chi connectivity index (χ1) is 18.7. The molecule has 0 radical (unpaired) electrons. The Morgan fingerprint density at radius 3 is 2.67 bits per heavy atom. The summed E-state index contributed by atoms with van der Waals surface area (Å²) in [6.45, 7) is 2.73. The average Bonchev–Trinajstić information content (AvgIpc) is 3.60. The van der Waals surface area contributed by atoms with E-state index < -0.39 is 17.6 Å². The van der Waals surface area contributed by atoms with E-state index in [4.69, 9.17) is 16.3 Å². The van der Waals surface area contributed by atoms with Crippen LogP contribution >= 0.6 is 11.6 Å². The van der Waals surface area contributed by atoms with Gasteiger partial charge in [0.25, 0.3) is 5.91 Å². The summed E-state index contributed by atoms with van der Waals surface area (Å²) in [5, 5.41) is 8.18. The highest BCUT2D eigenvalue weighted by Gasteiger charge is 2.43. The van der Waals surface area contributed by atoms with Crippen LogP contribution in [0.3, 0.4) is 0 Å². The maximum absolute atomic E-state index is 14.2. The lowest BCUT2D eigenvalue weighted by molar-refractivity contribution is -0.138. The number of ether oxygens (including phenoxy) is 1. The van der Waals surface area contributed by atoms with E-state index in [-0.39, 0.29) is 23.1 Å². The number of likely N-dealkylation sites (tertiary alicyclic amines) is 1. The molecule has 0 unspecified atom stereocenters. The van der Waals surface area contributed by atoms with Crippen LogP contribution in [-0.4, -0.2) is 57.8 Å². The minimum absolute atomic E-state index is 0.0301. The summed E-state index contributed by atoms with van der Waals surface area (Å²) in [6, 6.07) is 10.3. The monoisotopic (exact) mass is 559 g/mol. The molecular weight excluding hydrogens is 531 g/mol. The number of carbonyl (C=O) groups excluding carboxylic acids is 1. The van der Waals surface area contributed by atoms with Crippen LogP contribution in [0.15, 0.2) is 42.7 Å². The SMILES string of the molecule is Cn1cnnc1CC1(c2cccc(N3Cc4c(cc(CN5CC[C@@H](CCl)C5)cc4C(F)(F)F)C3=O)c2)COC1. The predicted molar refractivity (Wildman–Crippen MR) is 140 cm³/mol. The molecule has 1 amide bonds. The Morgan fingerprint density at radius 2 is 2.03 bits per heavy atom. The van der Waals surface area contributed by atoms with Crippen LogP contribution in [0.25, 0.3) is 0 Å². The molecule has 11 heteroatoms. The second kappa shape index (κ2) is 9.91. The first-order valence-electron chi connectivity index (χ1n) is 13.0. The molecule has 39 heavy (non-hydrogen) atoms. The molecule has 2 saturated heterocycles. The largest absolute Gasteiger partial charge is 0.416 e. The third kappa shape index (κ3) is 4.83. The molecule has 0 aliphatic carbocycles. The molecule has 0 N–H and O–H groups in total. The molecular formula is C28H29ClF3N5O2. The van der Waals surface area contributed by atoms with Crippen molar-refractivity contribution < 1.29 is 22.7 Å². The minimum Gasteiger partial charge on any atom is -0.379 e. The summed E-state index contributed by atoms with van der Waals surface area (Å²) in [4.78, 5) is 17.1. The molecule has 4 heterocycles. The molecule has 2 aromatic carbocycles. The fraction of sp³-hybridized carbons (Fsp3) is 0.464. The van der Waals surface area contributed by atoms with E-state index in [2.05, 4.69) is 15.1 Å². The van der Waals surface area contributed by atoms with Gasteiger partial charge in [0.1, 0.15) is 12.2 Å². The van der Waals surface area contributed by atoms with Crippen LogP contribution in [0.5, 0.6) is 0 Å². The molecule has 1 aromatic heterocycles. The standard InChI is InChI=1S/C28H29ClF3N5O2/c1-35-17-33-34-25(35)10-27(15-39-16-27)20-3-2-4-21(9-20)37-14-23-22(26(37)38)7-19(8-24(23)28(30,31)32)13-36-6-5-18(11-29)12-36/h2-4,7-9,17-18H,5-6,10-16H2,1H3/t18-/m0/s1. The van der Waals surface area contributed by atoms with Gasteiger partial charge >= 0.3 is 6.18 Å². The molecule has 1 atom stereocenters. The van der Waals surface area contributed by atoms with Gasteiger partial charge in [0, 0.05) is 49.1 Å². The van der Waals surface area contributed by atoms with Gasteiger partial charge in [-0.2, -0.15) is 13.2 Å². The minimum atomic E-state index is -4.56. The van der Waals surface area contributed by atoms with Crippen LogP contribution in [0.2, 0.25) is 0 Å².